The standard InChI is InChI=1S/C14H11ClF3N5O/c15-10-4-3-7(13(21-10)20-6-1-2-6)11-8(12(19)24)5-9(22-23-11)14(16,17)18/h3-6H,1-2H2,(H2,19,24)(H,20,21). The Labute approximate surface area is 139 Å². The number of aromatic nitrogens is 3. The van der Waals surface area contributed by atoms with E-state index in [2.05, 4.69) is 20.5 Å². The van der Waals surface area contributed by atoms with E-state index in [0.29, 0.717) is 17.4 Å². The van der Waals surface area contributed by atoms with Crippen LogP contribution in [0.5, 0.6) is 0 Å². The van der Waals surface area contributed by atoms with Gasteiger partial charge in [-0.25, -0.2) is 4.98 Å². The van der Waals surface area contributed by atoms with E-state index < -0.39 is 17.8 Å². The van der Waals surface area contributed by atoms with Gasteiger partial charge in [-0.3, -0.25) is 4.79 Å². The van der Waals surface area contributed by atoms with Gasteiger partial charge in [-0.2, -0.15) is 13.2 Å². The van der Waals surface area contributed by atoms with Crippen LogP contribution in [0.2, 0.25) is 5.15 Å². The highest BCUT2D eigenvalue weighted by atomic mass is 35.5. The number of alkyl halides is 3. The van der Waals surface area contributed by atoms with E-state index in [9.17, 15) is 18.0 Å². The Morgan fingerprint density at radius 2 is 2.00 bits per heavy atom. The molecule has 0 aliphatic heterocycles. The quantitative estimate of drug-likeness (QED) is 0.820. The lowest BCUT2D eigenvalue weighted by Crippen LogP contribution is -2.18. The molecular weight excluding hydrogens is 347 g/mol. The first-order chi connectivity index (χ1) is 11.3. The van der Waals surface area contributed by atoms with Crippen LogP contribution in [0.1, 0.15) is 28.9 Å². The Kier molecular flexibility index (Phi) is 4.04. The number of halogens is 4. The first kappa shape index (κ1) is 16.4. The highest BCUT2D eigenvalue weighted by Crippen LogP contribution is 2.34. The summed E-state index contributed by atoms with van der Waals surface area (Å²) < 4.78 is 38.3. The molecule has 3 N–H and O–H groups in total. The maximum Gasteiger partial charge on any atom is 0.435 e. The second-order valence-electron chi connectivity index (χ2n) is 5.30. The van der Waals surface area contributed by atoms with E-state index in [-0.39, 0.29) is 22.5 Å². The molecule has 2 aromatic rings. The molecule has 6 nitrogen and oxygen atoms in total. The predicted octanol–water partition coefficient (Wildman–Crippen LogP) is 2.88. The fourth-order valence-electron chi connectivity index (χ4n) is 2.07. The smallest absolute Gasteiger partial charge is 0.367 e. The fraction of sp³-hybridized carbons (Fsp3) is 0.286. The minimum absolute atomic E-state index is 0.0807. The lowest BCUT2D eigenvalue weighted by atomic mass is 10.1. The number of nitrogens with zero attached hydrogens (tertiary/aromatic N) is 3. The Balaban J connectivity index is 2.13. The van der Waals surface area contributed by atoms with Gasteiger partial charge in [-0.05, 0) is 31.0 Å². The normalized spacial score (nSPS) is 14.5. The van der Waals surface area contributed by atoms with E-state index in [1.165, 1.54) is 12.1 Å². The Bertz CT molecular complexity index is 807. The topological polar surface area (TPSA) is 93.8 Å². The fourth-order valence-corrected chi connectivity index (χ4v) is 2.22. The summed E-state index contributed by atoms with van der Waals surface area (Å²) in [7, 11) is 0. The molecule has 0 saturated heterocycles. The van der Waals surface area contributed by atoms with E-state index in [0.717, 1.165) is 12.8 Å². The van der Waals surface area contributed by atoms with Gasteiger partial charge < -0.3 is 11.1 Å². The largest absolute Gasteiger partial charge is 0.435 e. The van der Waals surface area contributed by atoms with Crippen molar-refractivity contribution < 1.29 is 18.0 Å². The molecule has 0 radical (unpaired) electrons. The lowest BCUT2D eigenvalue weighted by molar-refractivity contribution is -0.141. The van der Waals surface area contributed by atoms with Gasteiger partial charge in [0.05, 0.1) is 5.56 Å². The molecule has 1 aliphatic carbocycles. The first-order valence-electron chi connectivity index (χ1n) is 6.94. The average Bonchev–Trinajstić information content (AvgIpc) is 3.30. The summed E-state index contributed by atoms with van der Waals surface area (Å²) in [5.74, 6) is -0.723. The molecule has 2 heterocycles. The molecule has 0 aromatic carbocycles. The summed E-state index contributed by atoms with van der Waals surface area (Å²) in [5.41, 5.74) is 3.76. The molecule has 126 valence electrons. The van der Waals surface area contributed by atoms with Crippen LogP contribution in [0.25, 0.3) is 11.3 Å². The van der Waals surface area contributed by atoms with E-state index in [1.807, 2.05) is 0 Å². The highest BCUT2D eigenvalue weighted by Gasteiger charge is 2.35. The molecule has 24 heavy (non-hydrogen) atoms. The van der Waals surface area contributed by atoms with Crippen molar-refractivity contribution in [3.05, 3.63) is 34.6 Å². The third-order valence-electron chi connectivity index (χ3n) is 3.38. The summed E-state index contributed by atoms with van der Waals surface area (Å²) in [6.07, 6.45) is -2.85. The molecule has 1 fully saturated rings. The number of anilines is 1. The van der Waals surface area contributed by atoms with E-state index >= 15 is 0 Å². The number of primary amides is 1. The van der Waals surface area contributed by atoms with Gasteiger partial charge in [-0.15, -0.1) is 10.2 Å². The van der Waals surface area contributed by atoms with Crippen LogP contribution in [-0.2, 0) is 6.18 Å². The van der Waals surface area contributed by atoms with Gasteiger partial charge >= 0.3 is 6.18 Å². The Morgan fingerprint density at radius 3 is 2.58 bits per heavy atom. The van der Waals surface area contributed by atoms with Gasteiger partial charge in [0.15, 0.2) is 5.69 Å². The first-order valence-corrected chi connectivity index (χ1v) is 7.31. The zero-order valence-electron chi connectivity index (χ0n) is 12.1. The lowest BCUT2D eigenvalue weighted by Gasteiger charge is -2.13. The SMILES string of the molecule is NC(=O)c1cc(C(F)(F)F)nnc1-c1ccc(Cl)nc1NC1CC1. The molecule has 0 bridgehead atoms. The van der Waals surface area contributed by atoms with Crippen LogP contribution in [0.3, 0.4) is 0 Å². The van der Waals surface area contributed by atoms with Gasteiger partial charge in [-0.1, -0.05) is 11.6 Å². The van der Waals surface area contributed by atoms with Crippen LogP contribution in [0.15, 0.2) is 18.2 Å². The molecule has 1 amide bonds. The third-order valence-corrected chi connectivity index (χ3v) is 3.59. The monoisotopic (exact) mass is 357 g/mol. The molecule has 3 rings (SSSR count). The number of pyridine rings is 1. The number of rotatable bonds is 4. The molecule has 0 unspecified atom stereocenters. The predicted molar refractivity (Wildman–Crippen MR) is 80.4 cm³/mol. The zero-order valence-corrected chi connectivity index (χ0v) is 12.8. The summed E-state index contributed by atoms with van der Waals surface area (Å²) in [4.78, 5) is 15.7. The second kappa shape index (κ2) is 5.90. The maximum atomic E-state index is 12.8. The zero-order chi connectivity index (χ0) is 17.5. The molecule has 2 aromatic heterocycles. The van der Waals surface area contributed by atoms with Gasteiger partial charge in [0.2, 0.25) is 0 Å². The number of nitrogens with one attached hydrogen (secondary N) is 1. The molecule has 0 atom stereocenters. The van der Waals surface area contributed by atoms with Crippen molar-refractivity contribution in [1.29, 1.82) is 0 Å². The molecule has 1 saturated carbocycles. The van der Waals surface area contributed by atoms with Gasteiger partial charge in [0, 0.05) is 11.6 Å². The average molecular weight is 358 g/mol. The van der Waals surface area contributed by atoms with Crippen molar-refractivity contribution in [2.24, 2.45) is 5.73 Å². The molecular formula is C14H11ClF3N5O. The number of amides is 1. The third kappa shape index (κ3) is 3.40. The molecule has 0 spiro atoms. The van der Waals surface area contributed by atoms with E-state index in [1.54, 1.807) is 0 Å². The Hall–Kier alpha value is -2.42. The number of hydrogen-bond donors (Lipinski definition) is 2. The summed E-state index contributed by atoms with van der Waals surface area (Å²) in [6, 6.07) is 3.73. The number of hydrogen-bond acceptors (Lipinski definition) is 5. The van der Waals surface area contributed by atoms with Crippen LogP contribution < -0.4 is 11.1 Å². The number of carbonyl (C=O) groups excluding carboxylic acids is 1. The highest BCUT2D eigenvalue weighted by molar-refractivity contribution is 6.29. The van der Waals surface area contributed by atoms with Crippen LogP contribution in [-0.4, -0.2) is 27.1 Å². The van der Waals surface area contributed by atoms with Crippen molar-refractivity contribution in [3.8, 4) is 11.3 Å². The van der Waals surface area contributed by atoms with Gasteiger partial charge in [0.1, 0.15) is 16.7 Å². The van der Waals surface area contributed by atoms with E-state index in [4.69, 9.17) is 17.3 Å². The van der Waals surface area contributed by atoms with Gasteiger partial charge in [0.25, 0.3) is 5.91 Å². The van der Waals surface area contributed by atoms with Crippen molar-refractivity contribution in [3.63, 3.8) is 0 Å². The molecule has 10 heteroatoms. The number of carbonyl (C=O) groups is 1. The second-order valence-corrected chi connectivity index (χ2v) is 5.69. The maximum absolute atomic E-state index is 12.8. The Morgan fingerprint density at radius 1 is 1.29 bits per heavy atom. The minimum Gasteiger partial charge on any atom is -0.367 e. The van der Waals surface area contributed by atoms with Crippen molar-refractivity contribution >= 4 is 23.3 Å². The molecule has 1 aliphatic rings. The number of nitrogens with two attached hydrogens (primary N) is 1. The minimum atomic E-state index is -4.73. The van der Waals surface area contributed by atoms with Crippen LogP contribution in [0.4, 0.5) is 19.0 Å². The van der Waals surface area contributed by atoms with Crippen LogP contribution >= 0.6 is 11.6 Å². The summed E-state index contributed by atoms with van der Waals surface area (Å²) in [5, 5.41) is 10.0. The van der Waals surface area contributed by atoms with Crippen molar-refractivity contribution in [2.45, 2.75) is 25.1 Å². The summed E-state index contributed by atoms with van der Waals surface area (Å²) in [6.45, 7) is 0. The summed E-state index contributed by atoms with van der Waals surface area (Å²) >= 11 is 5.87. The van der Waals surface area contributed by atoms with Crippen molar-refractivity contribution in [2.75, 3.05) is 5.32 Å². The van der Waals surface area contributed by atoms with Crippen molar-refractivity contribution in [1.82, 2.24) is 15.2 Å². The van der Waals surface area contributed by atoms with Crippen LogP contribution in [0, 0.1) is 0 Å².